The zero-order valence-corrected chi connectivity index (χ0v) is 20.4. The third-order valence-corrected chi connectivity index (χ3v) is 7.56. The van der Waals surface area contributed by atoms with Crippen LogP contribution < -0.4 is 10.0 Å². The quantitative estimate of drug-likeness (QED) is 0.509. The third kappa shape index (κ3) is 6.60. The van der Waals surface area contributed by atoms with Crippen LogP contribution in [0.2, 0.25) is 0 Å². The minimum atomic E-state index is -3.93. The Morgan fingerprint density at radius 2 is 1.88 bits per heavy atom. The molecule has 10 heteroatoms. The van der Waals surface area contributed by atoms with Crippen LogP contribution in [-0.4, -0.2) is 48.7 Å². The summed E-state index contributed by atoms with van der Waals surface area (Å²) in [5, 5.41) is 9.74. The van der Waals surface area contributed by atoms with Gasteiger partial charge in [0.1, 0.15) is 0 Å². The molecule has 0 fully saturated rings. The Morgan fingerprint density at radius 1 is 1.15 bits per heavy atom. The van der Waals surface area contributed by atoms with Crippen molar-refractivity contribution in [1.29, 1.82) is 0 Å². The number of H-pyrrole nitrogens is 1. The summed E-state index contributed by atoms with van der Waals surface area (Å²) in [6.45, 7) is 3.85. The summed E-state index contributed by atoms with van der Waals surface area (Å²) in [5.74, 6) is -2.96. The van der Waals surface area contributed by atoms with Crippen LogP contribution >= 0.6 is 0 Å². The minimum Gasteiger partial charge on any atom is -0.349 e. The van der Waals surface area contributed by atoms with Crippen molar-refractivity contribution in [3.05, 3.63) is 47.8 Å². The summed E-state index contributed by atoms with van der Waals surface area (Å²) in [4.78, 5) is 38.7. The molecule has 2 atom stereocenters. The molecule has 0 bridgehead atoms. The van der Waals surface area contributed by atoms with Crippen LogP contribution in [0.25, 0.3) is 0 Å². The predicted molar refractivity (Wildman–Crippen MR) is 126 cm³/mol. The van der Waals surface area contributed by atoms with Crippen molar-refractivity contribution in [3.8, 4) is 0 Å². The van der Waals surface area contributed by atoms with E-state index in [-0.39, 0.29) is 17.2 Å². The Bertz CT molecular complexity index is 1110. The van der Waals surface area contributed by atoms with Gasteiger partial charge in [-0.2, -0.15) is 5.10 Å². The molecular weight excluding hydrogens is 456 g/mol. The van der Waals surface area contributed by atoms with Crippen LogP contribution in [0.5, 0.6) is 0 Å². The van der Waals surface area contributed by atoms with Gasteiger partial charge in [0.05, 0.1) is 17.1 Å². The van der Waals surface area contributed by atoms with Crippen molar-refractivity contribution in [2.24, 2.45) is 11.8 Å². The molecule has 0 spiro atoms. The molecule has 2 unspecified atom stereocenters. The van der Waals surface area contributed by atoms with Gasteiger partial charge >= 0.3 is 0 Å². The lowest BCUT2D eigenvalue weighted by Crippen LogP contribution is -2.46. The molecule has 1 aromatic carbocycles. The van der Waals surface area contributed by atoms with E-state index in [9.17, 15) is 22.8 Å². The van der Waals surface area contributed by atoms with Crippen LogP contribution in [-0.2, 0) is 37.2 Å². The number of nitrogens with one attached hydrogen (secondary N) is 3. The highest BCUT2D eigenvalue weighted by atomic mass is 32.2. The van der Waals surface area contributed by atoms with E-state index in [1.165, 1.54) is 12.1 Å². The Kier molecular flexibility index (Phi) is 8.73. The number of rotatable bonds is 7. The number of benzene rings is 1. The van der Waals surface area contributed by atoms with E-state index >= 15 is 0 Å². The number of ketones is 2. The second-order valence-corrected chi connectivity index (χ2v) is 10.7. The van der Waals surface area contributed by atoms with Crippen LogP contribution in [0.15, 0.2) is 41.4 Å². The topological polar surface area (TPSA) is 138 Å². The second-order valence-electron chi connectivity index (χ2n) is 9.01. The molecule has 0 aliphatic carbocycles. The zero-order chi connectivity index (χ0) is 24.7. The lowest BCUT2D eigenvalue weighted by Gasteiger charge is -2.23. The maximum Gasteiger partial charge on any atom is 0.287 e. The van der Waals surface area contributed by atoms with E-state index in [4.69, 9.17) is 0 Å². The average molecular weight is 489 g/mol. The molecule has 2 heterocycles. The summed E-state index contributed by atoms with van der Waals surface area (Å²) >= 11 is 0. The van der Waals surface area contributed by atoms with Gasteiger partial charge < -0.3 is 5.32 Å². The fourth-order valence-electron chi connectivity index (χ4n) is 4.10. The summed E-state index contributed by atoms with van der Waals surface area (Å²) in [6, 6.07) is 6.79. The molecule has 1 aliphatic rings. The molecule has 0 saturated carbocycles. The molecule has 3 rings (SSSR count). The van der Waals surface area contributed by atoms with Gasteiger partial charge in [-0.05, 0) is 55.7 Å². The number of aryl methyl sites for hydroxylation is 2. The van der Waals surface area contributed by atoms with Crippen LogP contribution in [0.3, 0.4) is 0 Å². The number of hydrogen-bond donors (Lipinski definition) is 3. The lowest BCUT2D eigenvalue weighted by molar-refractivity contribution is -0.141. The number of aromatic nitrogens is 2. The van der Waals surface area contributed by atoms with Crippen LogP contribution in [0.4, 0.5) is 0 Å². The van der Waals surface area contributed by atoms with Crippen LogP contribution in [0, 0.1) is 11.8 Å². The molecule has 1 aliphatic heterocycles. The van der Waals surface area contributed by atoms with Crippen molar-refractivity contribution in [3.63, 3.8) is 0 Å². The molecule has 1 aromatic heterocycles. The monoisotopic (exact) mass is 488 g/mol. The number of carbonyl (C=O) groups excluding carboxylic acids is 3. The SMILES string of the molecule is CC(C)C(NS(=O)(=O)c1ccccc1)C(=O)CC1CCc2cn[nH]c2CCCCNC(=O)C1=O. The molecule has 9 nitrogen and oxygen atoms in total. The van der Waals surface area contributed by atoms with Crippen molar-refractivity contribution < 1.29 is 22.8 Å². The lowest BCUT2D eigenvalue weighted by atomic mass is 9.86. The molecule has 1 amide bonds. The average Bonchev–Trinajstić information content (AvgIpc) is 3.26. The standard InChI is InChI=1S/C24H32N4O5S/c1-16(2)22(28-34(32,33)19-8-4-3-5-9-19)21(29)14-17-11-12-18-15-26-27-20(18)10-6-7-13-25-24(31)23(17)30/h3-5,8-9,15-17,22,28H,6-7,10-14H2,1-2H3,(H,25,31)(H,26,27). The molecule has 2 aromatic rings. The van der Waals surface area contributed by atoms with E-state index in [1.807, 2.05) is 0 Å². The van der Waals surface area contributed by atoms with Gasteiger partial charge in [0.25, 0.3) is 5.91 Å². The first kappa shape index (κ1) is 25.8. The number of nitrogens with zero attached hydrogens (tertiary/aromatic N) is 1. The Labute approximate surface area is 200 Å². The Balaban J connectivity index is 1.79. The van der Waals surface area contributed by atoms with Crippen molar-refractivity contribution >= 4 is 27.5 Å². The number of aromatic amines is 1. The highest BCUT2D eigenvalue weighted by Crippen LogP contribution is 2.21. The number of carbonyl (C=O) groups is 3. The molecular formula is C24H32N4O5S. The largest absolute Gasteiger partial charge is 0.349 e. The first-order valence-electron chi connectivity index (χ1n) is 11.6. The second kappa shape index (κ2) is 11.5. The highest BCUT2D eigenvalue weighted by molar-refractivity contribution is 7.89. The summed E-state index contributed by atoms with van der Waals surface area (Å²) < 4.78 is 28.1. The minimum absolute atomic E-state index is 0.0578. The van der Waals surface area contributed by atoms with Gasteiger partial charge in [0.15, 0.2) is 5.78 Å². The first-order valence-corrected chi connectivity index (χ1v) is 13.1. The van der Waals surface area contributed by atoms with Crippen molar-refractivity contribution in [2.45, 2.75) is 63.3 Å². The Hall–Kier alpha value is -2.85. The zero-order valence-electron chi connectivity index (χ0n) is 19.5. The first-order chi connectivity index (χ1) is 16.2. The Morgan fingerprint density at radius 3 is 2.59 bits per heavy atom. The van der Waals surface area contributed by atoms with Gasteiger partial charge in [-0.3, -0.25) is 19.5 Å². The van der Waals surface area contributed by atoms with Crippen molar-refractivity contribution in [2.75, 3.05) is 6.54 Å². The smallest absolute Gasteiger partial charge is 0.287 e. The number of hydrogen-bond acceptors (Lipinski definition) is 6. The van der Waals surface area contributed by atoms with E-state index in [2.05, 4.69) is 20.2 Å². The van der Waals surface area contributed by atoms with Gasteiger partial charge in [-0.25, -0.2) is 13.1 Å². The fourth-order valence-corrected chi connectivity index (χ4v) is 5.49. The van der Waals surface area contributed by atoms with E-state index in [0.717, 1.165) is 30.5 Å². The molecule has 34 heavy (non-hydrogen) atoms. The molecule has 184 valence electrons. The number of Topliss-reactive ketones (excluding diaryl/α,β-unsaturated/α-hetero) is 2. The normalized spacial score (nSPS) is 19.0. The van der Waals surface area contributed by atoms with Crippen LogP contribution in [0.1, 0.15) is 50.8 Å². The molecule has 3 N–H and O–H groups in total. The summed E-state index contributed by atoms with van der Waals surface area (Å²) in [5.41, 5.74) is 1.97. The summed E-state index contributed by atoms with van der Waals surface area (Å²) in [7, 11) is -3.93. The fraction of sp³-hybridized carbons (Fsp3) is 0.500. The van der Waals surface area contributed by atoms with Gasteiger partial charge in [0, 0.05) is 24.6 Å². The van der Waals surface area contributed by atoms with E-state index in [0.29, 0.717) is 19.4 Å². The highest BCUT2D eigenvalue weighted by Gasteiger charge is 2.33. The van der Waals surface area contributed by atoms with Gasteiger partial charge in [-0.15, -0.1) is 0 Å². The van der Waals surface area contributed by atoms with Gasteiger partial charge in [0.2, 0.25) is 15.8 Å². The third-order valence-electron chi connectivity index (χ3n) is 6.10. The number of sulfonamides is 1. The predicted octanol–water partition coefficient (Wildman–Crippen LogP) is 1.94. The van der Waals surface area contributed by atoms with Gasteiger partial charge in [-0.1, -0.05) is 32.0 Å². The van der Waals surface area contributed by atoms with E-state index < -0.39 is 39.5 Å². The van der Waals surface area contributed by atoms with Crippen molar-refractivity contribution in [1.82, 2.24) is 20.2 Å². The molecule has 0 radical (unpaired) electrons. The maximum atomic E-state index is 13.3. The summed E-state index contributed by atoms with van der Waals surface area (Å²) in [6.07, 6.45) is 4.64. The van der Waals surface area contributed by atoms with E-state index in [1.54, 1.807) is 38.2 Å². The molecule has 0 saturated heterocycles. The number of fused-ring (bicyclic) bond motifs is 1. The number of amides is 1. The maximum absolute atomic E-state index is 13.3.